The molecule has 0 saturated carbocycles. The highest BCUT2D eigenvalue weighted by molar-refractivity contribution is 9.10. The SMILES string of the molecule is COc1cc([N+](=O)[O-])cc2c1N[C@H](c1ccc(Br)cc1)[C@@H]1CC=C[C@@H]21. The number of methoxy groups -OCH3 is 1. The third-order valence-electron chi connectivity index (χ3n) is 5.08. The van der Waals surface area contributed by atoms with Gasteiger partial charge in [-0.25, -0.2) is 0 Å². The number of nitrogens with one attached hydrogen (secondary N) is 1. The molecule has 4 rings (SSSR count). The van der Waals surface area contributed by atoms with Crippen LogP contribution in [-0.4, -0.2) is 12.0 Å². The summed E-state index contributed by atoms with van der Waals surface area (Å²) in [6.07, 6.45) is 5.28. The molecule has 0 radical (unpaired) electrons. The molecule has 1 aliphatic heterocycles. The number of allylic oxidation sites excluding steroid dienone is 2. The average molecular weight is 401 g/mol. The number of anilines is 1. The van der Waals surface area contributed by atoms with E-state index in [-0.39, 0.29) is 22.6 Å². The van der Waals surface area contributed by atoms with Gasteiger partial charge in [0.15, 0.2) is 0 Å². The summed E-state index contributed by atoms with van der Waals surface area (Å²) >= 11 is 3.48. The molecule has 128 valence electrons. The lowest BCUT2D eigenvalue weighted by Gasteiger charge is -2.38. The van der Waals surface area contributed by atoms with Gasteiger partial charge in [0.1, 0.15) is 5.75 Å². The van der Waals surface area contributed by atoms with Crippen LogP contribution in [0.2, 0.25) is 0 Å². The van der Waals surface area contributed by atoms with Gasteiger partial charge in [0.05, 0.1) is 29.8 Å². The Kier molecular flexibility index (Phi) is 4.00. The van der Waals surface area contributed by atoms with Crippen LogP contribution < -0.4 is 10.1 Å². The number of hydrogen-bond donors (Lipinski definition) is 1. The summed E-state index contributed by atoms with van der Waals surface area (Å²) in [4.78, 5) is 10.9. The average Bonchev–Trinajstić information content (AvgIpc) is 3.10. The lowest BCUT2D eigenvalue weighted by Crippen LogP contribution is -2.29. The van der Waals surface area contributed by atoms with Crippen molar-refractivity contribution in [3.63, 3.8) is 0 Å². The number of benzene rings is 2. The largest absolute Gasteiger partial charge is 0.494 e. The first-order chi connectivity index (χ1) is 12.1. The zero-order chi connectivity index (χ0) is 17.6. The standard InChI is InChI=1S/C19H17BrN2O3/c1-25-17-10-13(22(23)24)9-16-14-3-2-4-15(14)18(21-19(16)17)11-5-7-12(20)8-6-11/h2-3,5-10,14-15,18,21H,4H2,1H3/t14-,15-,18-/m1/s1. The number of hydrogen-bond acceptors (Lipinski definition) is 4. The first kappa shape index (κ1) is 16.1. The van der Waals surface area contributed by atoms with Crippen molar-refractivity contribution >= 4 is 27.3 Å². The summed E-state index contributed by atoms with van der Waals surface area (Å²) in [5.74, 6) is 1.00. The van der Waals surface area contributed by atoms with E-state index in [2.05, 4.69) is 45.5 Å². The van der Waals surface area contributed by atoms with Crippen molar-refractivity contribution in [3.05, 3.63) is 74.3 Å². The minimum absolute atomic E-state index is 0.0681. The summed E-state index contributed by atoms with van der Waals surface area (Å²) in [7, 11) is 1.55. The molecular weight excluding hydrogens is 384 g/mol. The molecule has 1 aliphatic carbocycles. The van der Waals surface area contributed by atoms with Gasteiger partial charge in [0.2, 0.25) is 0 Å². The van der Waals surface area contributed by atoms with E-state index in [1.807, 2.05) is 12.1 Å². The Bertz CT molecular complexity index is 864. The molecule has 2 aromatic carbocycles. The van der Waals surface area contributed by atoms with Crippen molar-refractivity contribution in [3.8, 4) is 5.75 Å². The number of nitro groups is 1. The molecule has 0 amide bonds. The molecule has 1 heterocycles. The molecule has 3 atom stereocenters. The zero-order valence-electron chi connectivity index (χ0n) is 13.6. The number of ether oxygens (including phenoxy) is 1. The Hall–Kier alpha value is -2.34. The highest BCUT2D eigenvalue weighted by Gasteiger charge is 2.40. The molecule has 25 heavy (non-hydrogen) atoms. The quantitative estimate of drug-likeness (QED) is 0.437. The summed E-state index contributed by atoms with van der Waals surface area (Å²) < 4.78 is 6.50. The van der Waals surface area contributed by atoms with Crippen LogP contribution in [-0.2, 0) is 0 Å². The van der Waals surface area contributed by atoms with Crippen LogP contribution in [0.4, 0.5) is 11.4 Å². The molecular formula is C19H17BrN2O3. The molecule has 0 spiro atoms. The Morgan fingerprint density at radius 3 is 2.72 bits per heavy atom. The van der Waals surface area contributed by atoms with Crippen LogP contribution in [0.5, 0.6) is 5.75 Å². The summed E-state index contributed by atoms with van der Waals surface area (Å²) in [5.41, 5.74) is 3.07. The van der Waals surface area contributed by atoms with E-state index in [4.69, 9.17) is 4.74 Å². The normalized spacial score (nSPS) is 23.5. The van der Waals surface area contributed by atoms with Gasteiger partial charge < -0.3 is 10.1 Å². The van der Waals surface area contributed by atoms with E-state index in [9.17, 15) is 10.1 Å². The summed E-state index contributed by atoms with van der Waals surface area (Å²) in [6, 6.07) is 11.6. The summed E-state index contributed by atoms with van der Waals surface area (Å²) in [6.45, 7) is 0. The van der Waals surface area contributed by atoms with Gasteiger partial charge in [-0.3, -0.25) is 10.1 Å². The van der Waals surface area contributed by atoms with E-state index in [1.54, 1.807) is 13.2 Å². The smallest absolute Gasteiger partial charge is 0.273 e. The predicted octanol–water partition coefficient (Wildman–Crippen LogP) is 5.19. The molecule has 2 aliphatic rings. The van der Waals surface area contributed by atoms with Crippen LogP contribution in [0.25, 0.3) is 0 Å². The number of non-ortho nitro benzene ring substituents is 1. The molecule has 0 aromatic heterocycles. The minimum atomic E-state index is -0.364. The zero-order valence-corrected chi connectivity index (χ0v) is 15.2. The fourth-order valence-corrected chi connectivity index (χ4v) is 4.18. The van der Waals surface area contributed by atoms with Crippen LogP contribution in [0.1, 0.15) is 29.5 Å². The maximum atomic E-state index is 11.3. The van der Waals surface area contributed by atoms with E-state index in [1.165, 1.54) is 11.6 Å². The number of nitro benzene ring substituents is 1. The topological polar surface area (TPSA) is 64.4 Å². The van der Waals surface area contributed by atoms with Gasteiger partial charge >= 0.3 is 0 Å². The van der Waals surface area contributed by atoms with Gasteiger partial charge in [0.25, 0.3) is 5.69 Å². The maximum absolute atomic E-state index is 11.3. The van der Waals surface area contributed by atoms with Crippen molar-refractivity contribution in [1.29, 1.82) is 0 Å². The fourth-order valence-electron chi connectivity index (χ4n) is 3.92. The van der Waals surface area contributed by atoms with Crippen LogP contribution in [0, 0.1) is 16.0 Å². The van der Waals surface area contributed by atoms with E-state index < -0.39 is 0 Å². The second-order valence-corrected chi connectivity index (χ2v) is 7.31. The number of rotatable bonds is 3. The molecule has 0 unspecified atom stereocenters. The highest BCUT2D eigenvalue weighted by atomic mass is 79.9. The fraction of sp³-hybridized carbons (Fsp3) is 0.263. The second-order valence-electron chi connectivity index (χ2n) is 6.40. The second kappa shape index (κ2) is 6.19. The van der Waals surface area contributed by atoms with Crippen molar-refractivity contribution in [2.45, 2.75) is 18.4 Å². The molecule has 6 heteroatoms. The minimum Gasteiger partial charge on any atom is -0.494 e. The molecule has 2 aromatic rings. The van der Waals surface area contributed by atoms with Crippen LogP contribution in [0.15, 0.2) is 53.0 Å². The summed E-state index contributed by atoms with van der Waals surface area (Å²) in [5, 5.41) is 14.9. The van der Waals surface area contributed by atoms with E-state index >= 15 is 0 Å². The van der Waals surface area contributed by atoms with Gasteiger partial charge in [0, 0.05) is 16.5 Å². The molecule has 5 nitrogen and oxygen atoms in total. The Balaban J connectivity index is 1.84. The third-order valence-corrected chi connectivity index (χ3v) is 5.61. The maximum Gasteiger partial charge on any atom is 0.273 e. The first-order valence-electron chi connectivity index (χ1n) is 8.13. The predicted molar refractivity (Wildman–Crippen MR) is 100 cm³/mol. The van der Waals surface area contributed by atoms with Gasteiger partial charge in [-0.2, -0.15) is 0 Å². The van der Waals surface area contributed by atoms with Crippen LogP contribution >= 0.6 is 15.9 Å². The van der Waals surface area contributed by atoms with Crippen molar-refractivity contribution in [2.75, 3.05) is 12.4 Å². The molecule has 0 fully saturated rings. The van der Waals surface area contributed by atoms with Crippen LogP contribution in [0.3, 0.4) is 0 Å². The Labute approximate surface area is 154 Å². The van der Waals surface area contributed by atoms with E-state index in [0.717, 1.165) is 22.1 Å². The van der Waals surface area contributed by atoms with E-state index in [0.29, 0.717) is 11.7 Å². The number of halogens is 1. The lowest BCUT2D eigenvalue weighted by molar-refractivity contribution is -0.385. The molecule has 1 N–H and O–H groups in total. The van der Waals surface area contributed by atoms with Crippen molar-refractivity contribution < 1.29 is 9.66 Å². The van der Waals surface area contributed by atoms with Gasteiger partial charge in [-0.05, 0) is 35.6 Å². The first-order valence-corrected chi connectivity index (χ1v) is 8.93. The Morgan fingerprint density at radius 2 is 2.04 bits per heavy atom. The van der Waals surface area contributed by atoms with Crippen molar-refractivity contribution in [1.82, 2.24) is 0 Å². The third kappa shape index (κ3) is 2.70. The Morgan fingerprint density at radius 1 is 1.28 bits per heavy atom. The van der Waals surface area contributed by atoms with Gasteiger partial charge in [-0.15, -0.1) is 0 Å². The highest BCUT2D eigenvalue weighted by Crippen LogP contribution is 2.53. The number of fused-ring (bicyclic) bond motifs is 3. The lowest BCUT2D eigenvalue weighted by atomic mass is 9.76. The monoisotopic (exact) mass is 400 g/mol. The molecule has 0 saturated heterocycles. The number of nitrogens with zero attached hydrogens (tertiary/aromatic N) is 1. The van der Waals surface area contributed by atoms with Gasteiger partial charge in [-0.1, -0.05) is 40.2 Å². The molecule has 0 bridgehead atoms. The van der Waals surface area contributed by atoms with Crippen molar-refractivity contribution in [2.24, 2.45) is 5.92 Å².